The van der Waals surface area contributed by atoms with Crippen LogP contribution < -0.4 is 0 Å². The van der Waals surface area contributed by atoms with E-state index in [1.165, 1.54) is 5.56 Å². The number of para-hydroxylation sites is 1. The van der Waals surface area contributed by atoms with Crippen LogP contribution in [0.3, 0.4) is 0 Å². The van der Waals surface area contributed by atoms with Crippen LogP contribution in [0.4, 0.5) is 0 Å². The number of ether oxygens (including phenoxy) is 1. The predicted molar refractivity (Wildman–Crippen MR) is 90.0 cm³/mol. The van der Waals surface area contributed by atoms with E-state index in [-0.39, 0.29) is 5.92 Å². The SMILES string of the molecule is COC=CC1CN(Cc2cccnc2)CC1c1ccccc1O. The lowest BCUT2D eigenvalue weighted by molar-refractivity contribution is 0.316. The minimum absolute atomic E-state index is 0.263. The number of aromatic nitrogens is 1. The smallest absolute Gasteiger partial charge is 0.119 e. The Kier molecular flexibility index (Phi) is 4.93. The van der Waals surface area contributed by atoms with Gasteiger partial charge < -0.3 is 9.84 Å². The van der Waals surface area contributed by atoms with Crippen LogP contribution in [0.25, 0.3) is 0 Å². The Morgan fingerprint density at radius 3 is 2.87 bits per heavy atom. The number of methoxy groups -OCH3 is 1. The van der Waals surface area contributed by atoms with Gasteiger partial charge in [0, 0.05) is 43.9 Å². The topological polar surface area (TPSA) is 45.6 Å². The molecule has 1 aromatic heterocycles. The average Bonchev–Trinajstić information content (AvgIpc) is 2.97. The highest BCUT2D eigenvalue weighted by atomic mass is 16.5. The summed E-state index contributed by atoms with van der Waals surface area (Å²) in [5.41, 5.74) is 2.21. The number of nitrogens with zero attached hydrogens (tertiary/aromatic N) is 2. The van der Waals surface area contributed by atoms with Gasteiger partial charge in [-0.3, -0.25) is 9.88 Å². The molecule has 2 unspecified atom stereocenters. The fraction of sp³-hybridized carbons (Fsp3) is 0.316. The molecular formula is C19H22N2O2. The van der Waals surface area contributed by atoms with Crippen LogP contribution in [0.2, 0.25) is 0 Å². The summed E-state index contributed by atoms with van der Waals surface area (Å²) in [7, 11) is 1.66. The summed E-state index contributed by atoms with van der Waals surface area (Å²) in [5.74, 6) is 0.954. The van der Waals surface area contributed by atoms with Gasteiger partial charge in [-0.05, 0) is 29.3 Å². The molecule has 0 aliphatic carbocycles. The number of rotatable bonds is 5. The highest BCUT2D eigenvalue weighted by molar-refractivity contribution is 5.37. The van der Waals surface area contributed by atoms with Crippen LogP contribution in [0.1, 0.15) is 17.0 Å². The van der Waals surface area contributed by atoms with Gasteiger partial charge in [0.15, 0.2) is 0 Å². The van der Waals surface area contributed by atoms with Crippen LogP contribution in [0, 0.1) is 5.92 Å². The minimum atomic E-state index is 0.263. The van der Waals surface area contributed by atoms with Crippen molar-refractivity contribution in [2.45, 2.75) is 12.5 Å². The van der Waals surface area contributed by atoms with Crippen LogP contribution in [0.5, 0.6) is 5.75 Å². The molecule has 1 aliphatic heterocycles. The third kappa shape index (κ3) is 3.71. The number of phenolic OH excluding ortho intramolecular Hbond substituents is 1. The molecule has 1 fully saturated rings. The molecule has 1 N–H and O–H groups in total. The quantitative estimate of drug-likeness (QED) is 0.862. The molecule has 4 heteroatoms. The van der Waals surface area contributed by atoms with Gasteiger partial charge in [-0.2, -0.15) is 0 Å². The lowest BCUT2D eigenvalue weighted by Crippen LogP contribution is -2.20. The lowest BCUT2D eigenvalue weighted by atomic mass is 9.88. The largest absolute Gasteiger partial charge is 0.508 e. The molecule has 0 saturated carbocycles. The van der Waals surface area contributed by atoms with Crippen molar-refractivity contribution in [3.8, 4) is 5.75 Å². The summed E-state index contributed by atoms with van der Waals surface area (Å²) < 4.78 is 5.10. The van der Waals surface area contributed by atoms with E-state index in [4.69, 9.17) is 4.74 Å². The van der Waals surface area contributed by atoms with Gasteiger partial charge >= 0.3 is 0 Å². The number of phenols is 1. The fourth-order valence-corrected chi connectivity index (χ4v) is 3.30. The summed E-state index contributed by atoms with van der Waals surface area (Å²) in [6, 6.07) is 11.7. The Morgan fingerprint density at radius 2 is 2.13 bits per heavy atom. The first-order valence-corrected chi connectivity index (χ1v) is 7.86. The number of aromatic hydroxyl groups is 1. The van der Waals surface area contributed by atoms with E-state index in [1.54, 1.807) is 25.6 Å². The highest BCUT2D eigenvalue weighted by Crippen LogP contribution is 2.38. The van der Waals surface area contributed by atoms with E-state index in [0.29, 0.717) is 11.7 Å². The van der Waals surface area contributed by atoms with Crippen molar-refractivity contribution in [2.24, 2.45) is 5.92 Å². The second-order valence-corrected chi connectivity index (χ2v) is 5.95. The maximum absolute atomic E-state index is 10.2. The van der Waals surface area contributed by atoms with Crippen molar-refractivity contribution in [3.63, 3.8) is 0 Å². The van der Waals surface area contributed by atoms with Crippen LogP contribution in [-0.2, 0) is 11.3 Å². The second-order valence-electron chi connectivity index (χ2n) is 5.95. The lowest BCUT2D eigenvalue weighted by Gasteiger charge is -2.17. The molecule has 2 heterocycles. The Bertz CT molecular complexity index is 657. The van der Waals surface area contributed by atoms with E-state index < -0.39 is 0 Å². The fourth-order valence-electron chi connectivity index (χ4n) is 3.30. The number of hydrogen-bond acceptors (Lipinski definition) is 4. The Balaban J connectivity index is 1.79. The highest BCUT2D eigenvalue weighted by Gasteiger charge is 2.33. The Hall–Kier alpha value is -2.33. The molecule has 3 rings (SSSR count). The van der Waals surface area contributed by atoms with Crippen LogP contribution >= 0.6 is 0 Å². The zero-order valence-corrected chi connectivity index (χ0v) is 13.3. The number of pyridine rings is 1. The van der Waals surface area contributed by atoms with Crippen molar-refractivity contribution < 1.29 is 9.84 Å². The maximum atomic E-state index is 10.2. The molecular weight excluding hydrogens is 288 g/mol. The summed E-state index contributed by atoms with van der Waals surface area (Å²) in [6.07, 6.45) is 7.54. The van der Waals surface area contributed by atoms with E-state index in [9.17, 15) is 5.11 Å². The molecule has 0 bridgehead atoms. The van der Waals surface area contributed by atoms with Gasteiger partial charge in [-0.15, -0.1) is 0 Å². The molecule has 4 nitrogen and oxygen atoms in total. The van der Waals surface area contributed by atoms with Crippen molar-refractivity contribution in [2.75, 3.05) is 20.2 Å². The van der Waals surface area contributed by atoms with E-state index in [0.717, 1.165) is 25.2 Å². The monoisotopic (exact) mass is 310 g/mol. The molecule has 1 aromatic carbocycles. The Morgan fingerprint density at radius 1 is 1.26 bits per heavy atom. The standard InChI is InChI=1S/C19H22N2O2/c1-23-10-8-16-13-21(12-15-5-4-9-20-11-15)14-18(16)17-6-2-3-7-19(17)22/h2-11,16,18,22H,12-14H2,1H3. The first kappa shape index (κ1) is 15.6. The van der Waals surface area contributed by atoms with Crippen LogP contribution in [0.15, 0.2) is 61.1 Å². The van der Waals surface area contributed by atoms with E-state index in [1.807, 2.05) is 30.5 Å². The Labute approximate surface area is 137 Å². The summed E-state index contributed by atoms with van der Waals surface area (Å²) in [4.78, 5) is 6.59. The molecule has 2 aromatic rings. The molecule has 0 amide bonds. The zero-order valence-electron chi connectivity index (χ0n) is 13.3. The maximum Gasteiger partial charge on any atom is 0.119 e. The van der Waals surface area contributed by atoms with Crippen molar-refractivity contribution in [3.05, 3.63) is 72.3 Å². The zero-order chi connectivity index (χ0) is 16.1. The van der Waals surface area contributed by atoms with Gasteiger partial charge in [0.05, 0.1) is 13.4 Å². The van der Waals surface area contributed by atoms with Gasteiger partial charge in [0.1, 0.15) is 5.75 Å². The predicted octanol–water partition coefficient (Wildman–Crippen LogP) is 3.16. The molecule has 0 radical (unpaired) electrons. The number of benzene rings is 1. The average molecular weight is 310 g/mol. The molecule has 120 valence electrons. The van der Waals surface area contributed by atoms with Gasteiger partial charge in [0.25, 0.3) is 0 Å². The molecule has 0 spiro atoms. The number of hydrogen-bond donors (Lipinski definition) is 1. The summed E-state index contributed by atoms with van der Waals surface area (Å²) >= 11 is 0. The van der Waals surface area contributed by atoms with Gasteiger partial charge in [-0.1, -0.05) is 24.3 Å². The normalized spacial score (nSPS) is 21.8. The molecule has 1 aliphatic rings. The molecule has 23 heavy (non-hydrogen) atoms. The van der Waals surface area contributed by atoms with Crippen molar-refractivity contribution in [1.82, 2.24) is 9.88 Å². The van der Waals surface area contributed by atoms with Crippen LogP contribution in [-0.4, -0.2) is 35.2 Å². The first-order chi connectivity index (χ1) is 11.3. The first-order valence-electron chi connectivity index (χ1n) is 7.86. The molecule has 1 saturated heterocycles. The third-order valence-corrected chi connectivity index (χ3v) is 4.37. The van der Waals surface area contributed by atoms with Crippen molar-refractivity contribution >= 4 is 0 Å². The van der Waals surface area contributed by atoms with Gasteiger partial charge in [-0.25, -0.2) is 0 Å². The molecule has 2 atom stereocenters. The third-order valence-electron chi connectivity index (χ3n) is 4.37. The summed E-state index contributed by atoms with van der Waals surface area (Å²) in [6.45, 7) is 2.72. The minimum Gasteiger partial charge on any atom is -0.508 e. The van der Waals surface area contributed by atoms with E-state index in [2.05, 4.69) is 22.0 Å². The number of likely N-dealkylation sites (tertiary alicyclic amines) is 1. The van der Waals surface area contributed by atoms with Crippen molar-refractivity contribution in [1.29, 1.82) is 0 Å². The van der Waals surface area contributed by atoms with E-state index >= 15 is 0 Å². The van der Waals surface area contributed by atoms with Gasteiger partial charge in [0.2, 0.25) is 0 Å². The summed E-state index contributed by atoms with van der Waals surface area (Å²) in [5, 5.41) is 10.2. The second kappa shape index (κ2) is 7.29.